The first kappa shape index (κ1) is 83.8. The Kier molecular flexibility index (Phi) is 42.3. The van der Waals surface area contributed by atoms with Gasteiger partial charge in [0.2, 0.25) is 0 Å². The van der Waals surface area contributed by atoms with E-state index in [0.717, 1.165) is 111 Å². The Hall–Kier alpha value is -4.46. The van der Waals surface area contributed by atoms with Crippen LogP contribution in [-0.4, -0.2) is 49.8 Å². The molecule has 4 amide bonds. The molecule has 4 N–H and O–H groups in total. The lowest BCUT2D eigenvalue weighted by molar-refractivity contribution is 0.0925. The van der Waals surface area contributed by atoms with Crippen molar-refractivity contribution in [3.8, 4) is 0 Å². The summed E-state index contributed by atoms with van der Waals surface area (Å²) in [5.41, 5.74) is 10.7. The van der Waals surface area contributed by atoms with Crippen LogP contribution in [0.15, 0.2) is 48.5 Å². The van der Waals surface area contributed by atoms with Crippen LogP contribution in [0.5, 0.6) is 0 Å². The van der Waals surface area contributed by atoms with E-state index in [1.54, 1.807) is 24.3 Å². The second kappa shape index (κ2) is 47.5. The molecule has 0 radical (unpaired) electrons. The molecule has 3 aromatic rings. The Balaban J connectivity index is 1.72. The SMILES string of the molecule is CC(C)CCC[C@H](C)CCc1cc(C(=O)NCCNC(=O)c2ccc(C(=O)NCCNC(=O)c3cc(CC[C@@H](C)CCCC(C)C)c(CC[C@@H](C)CCCC(C)C)c(CC[C@@H](C)CCCC(C)C)c3)cc2)cc(CC[C@@H](C)CCCC(C)C)c1CC[C@@H](C)CCCC(C)C. The van der Waals surface area contributed by atoms with Crippen LogP contribution in [0.3, 0.4) is 0 Å². The molecule has 0 aliphatic carbocycles. The van der Waals surface area contributed by atoms with Gasteiger partial charge in [-0.05, 0) is 230 Å². The highest BCUT2D eigenvalue weighted by atomic mass is 16.2. The van der Waals surface area contributed by atoms with Gasteiger partial charge in [0.25, 0.3) is 23.6 Å². The average Bonchev–Trinajstić information content (AvgIpc) is 0.826. The number of rotatable bonds is 52. The maximum absolute atomic E-state index is 14.2. The molecule has 8 nitrogen and oxygen atoms in total. The lowest BCUT2D eigenvalue weighted by atomic mass is 9.84. The molecule has 6 atom stereocenters. The van der Waals surface area contributed by atoms with E-state index in [-0.39, 0.29) is 36.7 Å². The summed E-state index contributed by atoms with van der Waals surface area (Å²) in [5.74, 6) is 7.45. The number of nitrogens with one attached hydrogen (secondary N) is 4. The van der Waals surface area contributed by atoms with Crippen molar-refractivity contribution >= 4 is 23.6 Å². The van der Waals surface area contributed by atoms with E-state index in [9.17, 15) is 19.2 Å². The molecule has 8 heteroatoms. The van der Waals surface area contributed by atoms with Crippen molar-refractivity contribution in [2.75, 3.05) is 26.2 Å². The Labute approximate surface area is 579 Å². The van der Waals surface area contributed by atoms with Crippen molar-refractivity contribution in [3.63, 3.8) is 0 Å². The third-order valence-electron chi connectivity index (χ3n) is 20.5. The molecule has 0 saturated carbocycles. The molecule has 0 aliphatic heterocycles. The number of aryl methyl sites for hydroxylation is 4. The quantitative estimate of drug-likeness (QED) is 0.0421. The summed E-state index contributed by atoms with van der Waals surface area (Å²) in [5, 5.41) is 12.3. The number of benzene rings is 3. The molecule has 0 bridgehead atoms. The fourth-order valence-electron chi connectivity index (χ4n) is 13.8. The number of carbonyl (C=O) groups excluding carboxylic acids is 4. The Bertz CT molecular complexity index is 2290. The molecule has 0 saturated heterocycles. The molecule has 0 fully saturated rings. The number of amides is 4. The molecule has 0 aliphatic rings. The molecular formula is C86H146N4O4. The van der Waals surface area contributed by atoms with E-state index in [2.05, 4.69) is 170 Å². The van der Waals surface area contributed by atoms with Crippen LogP contribution in [-0.2, 0) is 38.5 Å². The summed E-state index contributed by atoms with van der Waals surface area (Å²) in [6.45, 7) is 43.5. The Morgan fingerprint density at radius 2 is 0.426 bits per heavy atom. The van der Waals surface area contributed by atoms with Crippen molar-refractivity contribution in [1.82, 2.24) is 21.3 Å². The fraction of sp³-hybridized carbons (Fsp3) is 0.744. The van der Waals surface area contributed by atoms with Gasteiger partial charge >= 0.3 is 0 Å². The predicted molar refractivity (Wildman–Crippen MR) is 406 cm³/mol. The minimum absolute atomic E-state index is 0.0951. The van der Waals surface area contributed by atoms with Crippen LogP contribution < -0.4 is 21.3 Å². The summed E-state index contributed by atoms with van der Waals surface area (Å²) in [7, 11) is 0. The van der Waals surface area contributed by atoms with Gasteiger partial charge in [-0.25, -0.2) is 0 Å². The van der Waals surface area contributed by atoms with Crippen LogP contribution in [0, 0.1) is 71.0 Å². The maximum atomic E-state index is 14.2. The van der Waals surface area contributed by atoms with Crippen LogP contribution >= 0.6 is 0 Å². The molecule has 3 rings (SSSR count). The zero-order valence-corrected chi connectivity index (χ0v) is 64.2. The van der Waals surface area contributed by atoms with Gasteiger partial charge in [0.05, 0.1) is 0 Å². The van der Waals surface area contributed by atoms with Gasteiger partial charge in [0.15, 0.2) is 0 Å². The van der Waals surface area contributed by atoms with Crippen LogP contribution in [0.1, 0.15) is 354 Å². The van der Waals surface area contributed by atoms with Crippen molar-refractivity contribution in [2.45, 2.75) is 317 Å². The van der Waals surface area contributed by atoms with Gasteiger partial charge in [-0.2, -0.15) is 0 Å². The standard InChI is InChI=1S/C86H146N4O4/c1-61(2)25-19-31-67(13)37-43-75-57-79(58-76(44-38-68(14)32-20-26-62(3)4)81(75)51-41-71(17)35-23-29-65(9)10)85(93)89-55-53-87-83(91)73-47-49-74(50-48-73)84(92)88-54-56-90-86(94)80-59-77(45-39-69(15)33-21-27-63(5)6)82(52-42-72(18)36-24-30-66(11)12)78(60-80)46-40-70(16)34-22-28-64(7)8/h47-50,57-72H,19-46,51-56H2,1-18H3,(H,87,91)(H,88,92)(H,89,93)(H,90,94)/t67-,68-,69-,70-,71-,72-/m0/s1. The highest BCUT2D eigenvalue weighted by Crippen LogP contribution is 2.32. The van der Waals surface area contributed by atoms with Crippen molar-refractivity contribution < 1.29 is 19.2 Å². The van der Waals surface area contributed by atoms with E-state index in [4.69, 9.17) is 0 Å². The summed E-state index contributed by atoms with van der Waals surface area (Å²) in [6, 6.07) is 15.5. The molecule has 3 aromatic carbocycles. The van der Waals surface area contributed by atoms with E-state index < -0.39 is 0 Å². The average molecular weight is 1300 g/mol. The summed E-state index contributed by atoms with van der Waals surface area (Å²) >= 11 is 0. The highest BCUT2D eigenvalue weighted by Gasteiger charge is 2.22. The first-order chi connectivity index (χ1) is 44.7. The van der Waals surface area contributed by atoms with Gasteiger partial charge in [-0.1, -0.05) is 240 Å². The minimum Gasteiger partial charge on any atom is -0.350 e. The Morgan fingerprint density at radius 3 is 0.617 bits per heavy atom. The molecule has 0 aromatic heterocycles. The first-order valence-electron chi connectivity index (χ1n) is 39.2. The lowest BCUT2D eigenvalue weighted by Crippen LogP contribution is -2.35. The molecule has 0 spiro atoms. The van der Waals surface area contributed by atoms with Crippen LogP contribution in [0.4, 0.5) is 0 Å². The topological polar surface area (TPSA) is 116 Å². The summed E-state index contributed by atoms with van der Waals surface area (Å²) in [4.78, 5) is 55.3. The van der Waals surface area contributed by atoms with Crippen LogP contribution in [0.2, 0.25) is 0 Å². The Morgan fingerprint density at radius 1 is 0.245 bits per heavy atom. The summed E-state index contributed by atoms with van der Waals surface area (Å²) < 4.78 is 0. The number of carbonyl (C=O) groups is 4. The second-order valence-electron chi connectivity index (χ2n) is 33.0. The monoisotopic (exact) mass is 1300 g/mol. The minimum atomic E-state index is -0.264. The predicted octanol–water partition coefficient (Wildman–Crippen LogP) is 22.4. The molecule has 94 heavy (non-hydrogen) atoms. The van der Waals surface area contributed by atoms with E-state index in [1.807, 2.05) is 0 Å². The zero-order valence-electron chi connectivity index (χ0n) is 64.2. The van der Waals surface area contributed by atoms with E-state index in [1.165, 1.54) is 162 Å². The van der Waals surface area contributed by atoms with E-state index in [0.29, 0.717) is 59.7 Å². The number of hydrogen-bond donors (Lipinski definition) is 4. The fourth-order valence-corrected chi connectivity index (χ4v) is 13.8. The van der Waals surface area contributed by atoms with Gasteiger partial charge in [0, 0.05) is 48.4 Å². The third kappa shape index (κ3) is 36.8. The van der Waals surface area contributed by atoms with Gasteiger partial charge in [-0.15, -0.1) is 0 Å². The number of hydrogen-bond acceptors (Lipinski definition) is 4. The van der Waals surface area contributed by atoms with Gasteiger partial charge in [-0.3, -0.25) is 19.2 Å². The van der Waals surface area contributed by atoms with E-state index >= 15 is 0 Å². The zero-order chi connectivity index (χ0) is 69.5. The van der Waals surface area contributed by atoms with Gasteiger partial charge in [0.1, 0.15) is 0 Å². The van der Waals surface area contributed by atoms with Crippen molar-refractivity contribution in [2.24, 2.45) is 71.0 Å². The molecule has 0 heterocycles. The van der Waals surface area contributed by atoms with Crippen molar-refractivity contribution in [1.29, 1.82) is 0 Å². The largest absolute Gasteiger partial charge is 0.350 e. The maximum Gasteiger partial charge on any atom is 0.251 e. The second-order valence-corrected chi connectivity index (χ2v) is 33.0. The van der Waals surface area contributed by atoms with Gasteiger partial charge < -0.3 is 21.3 Å². The smallest absolute Gasteiger partial charge is 0.251 e. The summed E-state index contributed by atoms with van der Waals surface area (Å²) in [6.07, 6.45) is 35.6. The normalized spacial score (nSPS) is 13.9. The molecular weight excluding hydrogens is 1150 g/mol. The third-order valence-corrected chi connectivity index (χ3v) is 20.5. The first-order valence-corrected chi connectivity index (χ1v) is 39.2. The van der Waals surface area contributed by atoms with Crippen molar-refractivity contribution in [3.05, 3.63) is 104 Å². The molecule has 534 valence electrons. The lowest BCUT2D eigenvalue weighted by Gasteiger charge is -2.22. The molecule has 0 unspecified atom stereocenters. The highest BCUT2D eigenvalue weighted by molar-refractivity contribution is 5.98. The van der Waals surface area contributed by atoms with Crippen LogP contribution in [0.25, 0.3) is 0 Å².